The van der Waals surface area contributed by atoms with Gasteiger partial charge in [-0.3, -0.25) is 0 Å². The van der Waals surface area contributed by atoms with Gasteiger partial charge in [-0.1, -0.05) is 13.8 Å². The second-order valence-corrected chi connectivity index (χ2v) is 7.75. The van der Waals surface area contributed by atoms with Gasteiger partial charge in [-0.05, 0) is 43.7 Å². The van der Waals surface area contributed by atoms with Crippen molar-refractivity contribution in [2.75, 3.05) is 26.7 Å². The highest BCUT2D eigenvalue weighted by Gasteiger charge is 2.31. The minimum Gasteiger partial charge on any atom is -0.493 e. The summed E-state index contributed by atoms with van der Waals surface area (Å²) in [6, 6.07) is 6.94. The van der Waals surface area contributed by atoms with Crippen molar-refractivity contribution < 1.29 is 13.2 Å². The minimum atomic E-state index is -3.39. The molecule has 2 rings (SSSR count). The molecular formula is C15H25ClN2O3S. The van der Waals surface area contributed by atoms with Gasteiger partial charge < -0.3 is 10.1 Å². The number of benzene rings is 1. The van der Waals surface area contributed by atoms with E-state index in [0.717, 1.165) is 6.42 Å². The van der Waals surface area contributed by atoms with Crippen molar-refractivity contribution in [2.24, 2.45) is 5.92 Å². The lowest BCUT2D eigenvalue weighted by Crippen LogP contribution is -2.33. The van der Waals surface area contributed by atoms with E-state index in [-0.39, 0.29) is 18.4 Å². The fraction of sp³-hybridized carbons (Fsp3) is 0.600. The summed E-state index contributed by atoms with van der Waals surface area (Å²) >= 11 is 0. The van der Waals surface area contributed by atoms with Crippen LogP contribution < -0.4 is 10.1 Å². The first-order valence-corrected chi connectivity index (χ1v) is 8.77. The van der Waals surface area contributed by atoms with Gasteiger partial charge in [0.05, 0.1) is 11.5 Å². The van der Waals surface area contributed by atoms with Gasteiger partial charge in [0, 0.05) is 19.1 Å². The Morgan fingerprint density at radius 2 is 1.95 bits per heavy atom. The number of nitrogens with one attached hydrogen (secondary N) is 1. The third-order valence-corrected chi connectivity index (χ3v) is 5.48. The van der Waals surface area contributed by atoms with Gasteiger partial charge in [-0.2, -0.15) is 4.31 Å². The molecule has 1 saturated heterocycles. The second kappa shape index (κ2) is 8.15. The molecule has 0 aliphatic carbocycles. The average molecular weight is 349 g/mol. The first-order valence-electron chi connectivity index (χ1n) is 7.33. The number of halogens is 1. The fourth-order valence-corrected chi connectivity index (χ4v) is 3.80. The van der Waals surface area contributed by atoms with E-state index in [4.69, 9.17) is 4.74 Å². The highest BCUT2D eigenvalue weighted by atomic mass is 35.5. The molecule has 0 saturated carbocycles. The number of ether oxygens (including phenoxy) is 1. The molecule has 0 spiro atoms. The Kier molecular flexibility index (Phi) is 7.12. The molecule has 1 aliphatic rings. The molecule has 0 bridgehead atoms. The number of hydrogen-bond acceptors (Lipinski definition) is 4. The molecule has 1 atom stereocenters. The SMILES string of the molecule is CNC1CCN(S(=O)(=O)c2ccc(OCC(C)C)cc2)C1.Cl. The highest BCUT2D eigenvalue weighted by molar-refractivity contribution is 7.89. The molecule has 22 heavy (non-hydrogen) atoms. The van der Waals surface area contributed by atoms with Crippen molar-refractivity contribution in [1.29, 1.82) is 0 Å². The molecular weight excluding hydrogens is 324 g/mol. The van der Waals surface area contributed by atoms with Crippen molar-refractivity contribution in [3.8, 4) is 5.75 Å². The first kappa shape index (κ1) is 19.2. The van der Waals surface area contributed by atoms with Gasteiger partial charge in [-0.15, -0.1) is 12.4 Å². The molecule has 7 heteroatoms. The lowest BCUT2D eigenvalue weighted by molar-refractivity contribution is 0.271. The average Bonchev–Trinajstić information content (AvgIpc) is 2.95. The van der Waals surface area contributed by atoms with E-state index in [1.807, 2.05) is 7.05 Å². The molecule has 5 nitrogen and oxygen atoms in total. The molecule has 126 valence electrons. The van der Waals surface area contributed by atoms with Gasteiger partial charge in [0.15, 0.2) is 0 Å². The van der Waals surface area contributed by atoms with Gasteiger partial charge in [0.25, 0.3) is 0 Å². The van der Waals surface area contributed by atoms with Crippen LogP contribution in [0.2, 0.25) is 0 Å². The van der Waals surface area contributed by atoms with Crippen molar-refractivity contribution in [2.45, 2.75) is 31.2 Å². The summed E-state index contributed by atoms with van der Waals surface area (Å²) < 4.78 is 32.2. The summed E-state index contributed by atoms with van der Waals surface area (Å²) in [6.07, 6.45) is 0.852. The Morgan fingerprint density at radius 3 is 2.45 bits per heavy atom. The van der Waals surface area contributed by atoms with Gasteiger partial charge in [0.2, 0.25) is 10.0 Å². The van der Waals surface area contributed by atoms with E-state index >= 15 is 0 Å². The van der Waals surface area contributed by atoms with E-state index in [9.17, 15) is 8.42 Å². The molecule has 1 aromatic carbocycles. The summed E-state index contributed by atoms with van der Waals surface area (Å²) in [5.74, 6) is 1.15. The molecule has 0 aromatic heterocycles. The van der Waals surface area contributed by atoms with E-state index in [0.29, 0.717) is 36.3 Å². The maximum Gasteiger partial charge on any atom is 0.243 e. The zero-order chi connectivity index (χ0) is 15.5. The van der Waals surface area contributed by atoms with Crippen molar-refractivity contribution in [1.82, 2.24) is 9.62 Å². The maximum atomic E-state index is 12.5. The molecule has 0 amide bonds. The normalized spacial score (nSPS) is 19.2. The third kappa shape index (κ3) is 4.59. The quantitative estimate of drug-likeness (QED) is 0.855. The van der Waals surface area contributed by atoms with Crippen LogP contribution >= 0.6 is 12.4 Å². The van der Waals surface area contributed by atoms with Crippen LogP contribution in [0.25, 0.3) is 0 Å². The van der Waals surface area contributed by atoms with Crippen molar-refractivity contribution in [3.05, 3.63) is 24.3 Å². The molecule has 1 fully saturated rings. The Hall–Kier alpha value is -0.820. The van der Waals surface area contributed by atoms with E-state index in [1.165, 1.54) is 4.31 Å². The molecule has 1 aromatic rings. The summed E-state index contributed by atoms with van der Waals surface area (Å²) in [5.41, 5.74) is 0. The predicted octanol–water partition coefficient (Wildman–Crippen LogP) is 2.13. The monoisotopic (exact) mass is 348 g/mol. The predicted molar refractivity (Wildman–Crippen MR) is 90.2 cm³/mol. The molecule has 1 unspecified atom stereocenters. The van der Waals surface area contributed by atoms with E-state index < -0.39 is 10.0 Å². The second-order valence-electron chi connectivity index (χ2n) is 5.81. The van der Waals surface area contributed by atoms with Crippen LogP contribution in [-0.2, 0) is 10.0 Å². The van der Waals surface area contributed by atoms with Gasteiger partial charge in [-0.25, -0.2) is 8.42 Å². The van der Waals surface area contributed by atoms with Crippen LogP contribution in [-0.4, -0.2) is 45.5 Å². The van der Waals surface area contributed by atoms with Crippen LogP contribution in [0, 0.1) is 5.92 Å². The minimum absolute atomic E-state index is 0. The van der Waals surface area contributed by atoms with Crippen LogP contribution in [0.5, 0.6) is 5.75 Å². The smallest absolute Gasteiger partial charge is 0.243 e. The van der Waals surface area contributed by atoms with Crippen molar-refractivity contribution in [3.63, 3.8) is 0 Å². The Morgan fingerprint density at radius 1 is 1.32 bits per heavy atom. The summed E-state index contributed by atoms with van der Waals surface area (Å²) in [4.78, 5) is 0.330. The van der Waals surface area contributed by atoms with Crippen LogP contribution in [0.3, 0.4) is 0 Å². The summed E-state index contributed by atoms with van der Waals surface area (Å²) in [7, 11) is -1.53. The maximum absolute atomic E-state index is 12.5. The lowest BCUT2D eigenvalue weighted by Gasteiger charge is -2.17. The number of rotatable bonds is 6. The highest BCUT2D eigenvalue weighted by Crippen LogP contribution is 2.23. The Bertz CT molecular complexity index is 561. The van der Waals surface area contributed by atoms with Crippen LogP contribution in [0.1, 0.15) is 20.3 Å². The standard InChI is InChI=1S/C15H24N2O3S.ClH/c1-12(2)11-20-14-4-6-15(7-5-14)21(18,19)17-9-8-13(10-17)16-3;/h4-7,12-13,16H,8-11H2,1-3H3;1H. The third-order valence-electron chi connectivity index (χ3n) is 3.60. The molecule has 0 radical (unpaired) electrons. The van der Waals surface area contributed by atoms with E-state index in [1.54, 1.807) is 24.3 Å². The fourth-order valence-electron chi connectivity index (χ4n) is 2.30. The zero-order valence-electron chi connectivity index (χ0n) is 13.3. The zero-order valence-corrected chi connectivity index (χ0v) is 14.9. The molecule has 1 aliphatic heterocycles. The van der Waals surface area contributed by atoms with Crippen LogP contribution in [0.15, 0.2) is 29.2 Å². The number of nitrogens with zero attached hydrogens (tertiary/aromatic N) is 1. The Balaban J connectivity index is 0.00000242. The largest absolute Gasteiger partial charge is 0.493 e. The first-order chi connectivity index (χ1) is 9.93. The molecule has 1 N–H and O–H groups in total. The van der Waals surface area contributed by atoms with Crippen molar-refractivity contribution >= 4 is 22.4 Å². The summed E-state index contributed by atoms with van der Waals surface area (Å²) in [6.45, 7) is 5.88. The number of hydrogen-bond donors (Lipinski definition) is 1. The molecule has 1 heterocycles. The van der Waals surface area contributed by atoms with Crippen LogP contribution in [0.4, 0.5) is 0 Å². The Labute approximate surface area is 139 Å². The van der Waals surface area contributed by atoms with Gasteiger partial charge >= 0.3 is 0 Å². The topological polar surface area (TPSA) is 58.6 Å². The summed E-state index contributed by atoms with van der Waals surface area (Å²) in [5, 5.41) is 3.13. The lowest BCUT2D eigenvalue weighted by atomic mass is 10.2. The van der Waals surface area contributed by atoms with E-state index in [2.05, 4.69) is 19.2 Å². The van der Waals surface area contributed by atoms with Gasteiger partial charge in [0.1, 0.15) is 5.75 Å². The number of likely N-dealkylation sites (N-methyl/N-ethyl adjacent to an activating group) is 1. The number of sulfonamides is 1.